The molecule has 3 aromatic heterocycles. The number of thiazole rings is 1. The number of ether oxygens (including phenoxy) is 3. The number of para-hydroxylation sites is 1. The third-order valence-electron chi connectivity index (χ3n) is 7.58. The van der Waals surface area contributed by atoms with Crippen LogP contribution in [0, 0.1) is 0 Å². The number of anilines is 1. The summed E-state index contributed by atoms with van der Waals surface area (Å²) in [5.74, 6) is 0.226. The van der Waals surface area contributed by atoms with Crippen molar-refractivity contribution in [3.63, 3.8) is 0 Å². The Hall–Kier alpha value is -3.45. The van der Waals surface area contributed by atoms with Gasteiger partial charge in [0.2, 0.25) is 5.01 Å². The summed E-state index contributed by atoms with van der Waals surface area (Å²) in [6, 6.07) is 9.55. The Kier molecular flexibility index (Phi) is 6.30. The van der Waals surface area contributed by atoms with Crippen LogP contribution in [0.25, 0.3) is 10.5 Å². The fraction of sp³-hybridized carbons (Fsp3) is 0.407. The van der Waals surface area contributed by atoms with Crippen molar-refractivity contribution in [1.82, 2.24) is 24.4 Å². The molecule has 3 aliphatic rings. The van der Waals surface area contributed by atoms with Crippen LogP contribution in [0.4, 0.5) is 5.69 Å². The number of carbonyl (C=O) groups is 1. The molecule has 4 aromatic rings. The third kappa shape index (κ3) is 4.54. The van der Waals surface area contributed by atoms with Gasteiger partial charge in [-0.25, -0.2) is 14.8 Å². The molecule has 0 radical (unpaired) electrons. The van der Waals surface area contributed by atoms with E-state index in [9.17, 15) is 9.90 Å². The topological polar surface area (TPSA) is 115 Å². The number of imidazole rings is 1. The van der Waals surface area contributed by atoms with Crippen molar-refractivity contribution in [2.24, 2.45) is 0 Å². The smallest absolute Gasteiger partial charge is 0.365 e. The van der Waals surface area contributed by atoms with Crippen LogP contribution in [0.1, 0.15) is 34.7 Å². The fourth-order valence-corrected chi connectivity index (χ4v) is 6.26. The summed E-state index contributed by atoms with van der Waals surface area (Å²) < 4.78 is 20.3. The van der Waals surface area contributed by atoms with Gasteiger partial charge in [0.05, 0.1) is 29.9 Å². The number of aromatic nitrogens is 4. The first kappa shape index (κ1) is 25.5. The van der Waals surface area contributed by atoms with Crippen molar-refractivity contribution in [1.29, 1.82) is 0 Å². The average Bonchev–Trinajstić information content (AvgIpc) is 3.58. The van der Waals surface area contributed by atoms with E-state index in [1.165, 1.54) is 0 Å². The summed E-state index contributed by atoms with van der Waals surface area (Å²) in [4.78, 5) is 30.4. The summed E-state index contributed by atoms with van der Waals surface area (Å²) in [5.41, 5.74) is 2.27. The number of rotatable bonds is 7. The normalized spacial score (nSPS) is 22.6. The Labute approximate surface area is 238 Å². The lowest BCUT2D eigenvalue weighted by atomic mass is 10.2. The first-order valence-corrected chi connectivity index (χ1v) is 14.4. The standard InChI is InChI=1S/C27H27ClN6O5S/c1-27(20-6-5-16(28)13-29-20)38-19-4-2-3-18(22(19)39-27)33-10-8-32(9-11-33)15-21-30-24-23(31-25(40-24)26(35)36)34(21)14-17-7-12-37-17/h2-6,13,17H,7-12,14-15H2,1H3,(H,35,36)/t17-,27+/m0/s1. The molecule has 2 atom stereocenters. The molecule has 208 valence electrons. The zero-order valence-corrected chi connectivity index (χ0v) is 23.3. The first-order valence-electron chi connectivity index (χ1n) is 13.2. The van der Waals surface area contributed by atoms with E-state index >= 15 is 0 Å². The number of nitrogens with zero attached hydrogens (tertiary/aromatic N) is 6. The van der Waals surface area contributed by atoms with E-state index in [2.05, 4.69) is 25.8 Å². The second-order valence-electron chi connectivity index (χ2n) is 10.3. The molecule has 0 saturated carbocycles. The Bertz CT molecular complexity index is 1580. The molecule has 0 amide bonds. The summed E-state index contributed by atoms with van der Waals surface area (Å²) >= 11 is 7.14. The van der Waals surface area contributed by atoms with E-state index in [0.717, 1.165) is 62.1 Å². The van der Waals surface area contributed by atoms with Gasteiger partial charge >= 0.3 is 5.97 Å². The fourth-order valence-electron chi connectivity index (χ4n) is 5.35. The number of hydrogen-bond acceptors (Lipinski definition) is 10. The number of piperazine rings is 1. The van der Waals surface area contributed by atoms with Crippen LogP contribution in [-0.4, -0.2) is 74.4 Å². The number of hydrogen-bond donors (Lipinski definition) is 1. The van der Waals surface area contributed by atoms with Crippen molar-refractivity contribution in [2.45, 2.75) is 38.3 Å². The van der Waals surface area contributed by atoms with Crippen LogP contribution in [0.15, 0.2) is 36.5 Å². The molecule has 0 spiro atoms. The highest BCUT2D eigenvalue weighted by Crippen LogP contribution is 2.49. The molecule has 1 N–H and O–H groups in total. The highest BCUT2D eigenvalue weighted by molar-refractivity contribution is 7.19. The van der Waals surface area contributed by atoms with Gasteiger partial charge in [0.1, 0.15) is 11.5 Å². The summed E-state index contributed by atoms with van der Waals surface area (Å²) in [6.07, 6.45) is 2.68. The van der Waals surface area contributed by atoms with Crippen LogP contribution in [-0.2, 0) is 23.6 Å². The van der Waals surface area contributed by atoms with Gasteiger partial charge < -0.3 is 28.8 Å². The van der Waals surface area contributed by atoms with E-state index < -0.39 is 11.8 Å². The Balaban J connectivity index is 1.06. The van der Waals surface area contributed by atoms with Crippen molar-refractivity contribution in [3.05, 3.63) is 58.1 Å². The molecule has 0 bridgehead atoms. The second-order valence-corrected chi connectivity index (χ2v) is 11.7. The zero-order valence-electron chi connectivity index (χ0n) is 21.7. The van der Waals surface area contributed by atoms with Gasteiger partial charge in [0.15, 0.2) is 22.0 Å². The molecule has 2 saturated heterocycles. The van der Waals surface area contributed by atoms with Gasteiger partial charge in [-0.15, -0.1) is 0 Å². The number of aromatic carboxylic acids is 1. The molecular weight excluding hydrogens is 556 g/mol. The van der Waals surface area contributed by atoms with Gasteiger partial charge in [-0.3, -0.25) is 9.88 Å². The number of halogens is 1. The number of carboxylic acids is 1. The average molecular weight is 583 g/mol. The molecule has 11 nitrogen and oxygen atoms in total. The predicted molar refractivity (Wildman–Crippen MR) is 149 cm³/mol. The maximum Gasteiger partial charge on any atom is 0.365 e. The molecule has 3 aliphatic heterocycles. The highest BCUT2D eigenvalue weighted by Gasteiger charge is 2.42. The number of benzene rings is 1. The predicted octanol–water partition coefficient (Wildman–Crippen LogP) is 3.99. The van der Waals surface area contributed by atoms with E-state index in [1.807, 2.05) is 29.7 Å². The lowest BCUT2D eigenvalue weighted by molar-refractivity contribution is -0.0716. The molecule has 0 aliphatic carbocycles. The van der Waals surface area contributed by atoms with Crippen LogP contribution in [0.2, 0.25) is 5.02 Å². The minimum atomic E-state index is -1.03. The van der Waals surface area contributed by atoms with E-state index in [0.29, 0.717) is 45.8 Å². The number of pyridine rings is 1. The Morgan fingerprint density at radius 3 is 2.70 bits per heavy atom. The SMILES string of the molecule is C[C@@]1(c2ccc(Cl)cn2)Oc2cccc(N3CCN(Cc4nc5sc(C(=O)O)nc5n4C[C@@H]4CCO4)CC3)c2O1. The molecule has 6 heterocycles. The maximum atomic E-state index is 11.5. The minimum Gasteiger partial charge on any atom is -0.476 e. The van der Waals surface area contributed by atoms with E-state index in [4.69, 9.17) is 30.8 Å². The highest BCUT2D eigenvalue weighted by atomic mass is 35.5. The summed E-state index contributed by atoms with van der Waals surface area (Å²) in [6.45, 7) is 7.16. The molecule has 0 unspecified atom stereocenters. The number of fused-ring (bicyclic) bond motifs is 2. The summed E-state index contributed by atoms with van der Waals surface area (Å²) in [5, 5.41) is 10.0. The first-order chi connectivity index (χ1) is 19.4. The molecular formula is C27H27ClN6O5S. The number of carboxylic acid groups (broad SMARTS) is 1. The molecule has 40 heavy (non-hydrogen) atoms. The van der Waals surface area contributed by atoms with E-state index in [-0.39, 0.29) is 11.1 Å². The van der Waals surface area contributed by atoms with Crippen LogP contribution < -0.4 is 14.4 Å². The lowest BCUT2D eigenvalue weighted by Crippen LogP contribution is -2.46. The molecule has 1 aromatic carbocycles. The van der Waals surface area contributed by atoms with Crippen molar-refractivity contribution < 1.29 is 24.1 Å². The second kappa shape index (κ2) is 9.88. The third-order valence-corrected chi connectivity index (χ3v) is 8.73. The largest absolute Gasteiger partial charge is 0.476 e. The summed E-state index contributed by atoms with van der Waals surface area (Å²) in [7, 11) is 0. The monoisotopic (exact) mass is 582 g/mol. The Morgan fingerprint density at radius 1 is 1.18 bits per heavy atom. The van der Waals surface area contributed by atoms with Gasteiger partial charge in [0.25, 0.3) is 5.79 Å². The molecule has 2 fully saturated rings. The lowest BCUT2D eigenvalue weighted by Gasteiger charge is -2.36. The quantitative estimate of drug-likeness (QED) is 0.343. The van der Waals surface area contributed by atoms with Gasteiger partial charge in [-0.1, -0.05) is 29.0 Å². The Morgan fingerprint density at radius 2 is 2.00 bits per heavy atom. The maximum absolute atomic E-state index is 11.5. The van der Waals surface area contributed by atoms with E-state index in [1.54, 1.807) is 12.3 Å². The van der Waals surface area contributed by atoms with Gasteiger partial charge in [0, 0.05) is 45.9 Å². The van der Waals surface area contributed by atoms with Gasteiger partial charge in [-0.05, 0) is 30.7 Å². The zero-order chi connectivity index (χ0) is 27.4. The van der Waals surface area contributed by atoms with Crippen molar-refractivity contribution in [3.8, 4) is 11.5 Å². The van der Waals surface area contributed by atoms with Crippen LogP contribution in [0.5, 0.6) is 11.5 Å². The van der Waals surface area contributed by atoms with Crippen LogP contribution in [0.3, 0.4) is 0 Å². The minimum absolute atomic E-state index is 0.0606. The van der Waals surface area contributed by atoms with Crippen molar-refractivity contribution >= 4 is 45.1 Å². The molecule has 13 heteroatoms. The van der Waals surface area contributed by atoms with Gasteiger partial charge in [-0.2, -0.15) is 0 Å². The van der Waals surface area contributed by atoms with Crippen molar-refractivity contribution in [2.75, 3.05) is 37.7 Å². The molecule has 7 rings (SSSR count). The van der Waals surface area contributed by atoms with Crippen LogP contribution >= 0.6 is 22.9 Å².